The molecule has 1 fully saturated rings. The number of alkyl halides is 3. The van der Waals surface area contributed by atoms with Crippen LogP contribution >= 0.6 is 0 Å². The van der Waals surface area contributed by atoms with E-state index in [0.717, 1.165) is 29.8 Å². The van der Waals surface area contributed by atoms with Gasteiger partial charge in [-0.2, -0.15) is 0 Å². The number of ether oxygens (including phenoxy) is 1. The normalized spacial score (nSPS) is 16.6. The van der Waals surface area contributed by atoms with Gasteiger partial charge in [0, 0.05) is 23.5 Å². The van der Waals surface area contributed by atoms with Crippen molar-refractivity contribution in [3.63, 3.8) is 0 Å². The van der Waals surface area contributed by atoms with Crippen LogP contribution in [0.3, 0.4) is 0 Å². The van der Waals surface area contributed by atoms with Crippen molar-refractivity contribution in [1.82, 2.24) is 10.6 Å². The van der Waals surface area contributed by atoms with E-state index < -0.39 is 6.36 Å². The summed E-state index contributed by atoms with van der Waals surface area (Å²) in [6.07, 6.45) is 7.17. The van der Waals surface area contributed by atoms with Crippen LogP contribution in [0.4, 0.5) is 13.2 Å². The number of nitrogens with one attached hydrogen (secondary N) is 3. The highest BCUT2D eigenvalue weighted by atomic mass is 19.4. The summed E-state index contributed by atoms with van der Waals surface area (Å²) in [5, 5.41) is 15.0. The average molecular weight is 533 g/mol. The fourth-order valence-electron chi connectivity index (χ4n) is 3.29. The minimum atomic E-state index is -4.60. The molecule has 6 nitrogen and oxygen atoms in total. The van der Waals surface area contributed by atoms with E-state index in [1.54, 1.807) is 38.3 Å². The van der Waals surface area contributed by atoms with Crippen LogP contribution in [0.5, 0.6) is 5.75 Å². The van der Waals surface area contributed by atoms with E-state index in [2.05, 4.69) is 26.9 Å². The number of aliphatic imine (C=N–C) groups is 1. The van der Waals surface area contributed by atoms with Crippen LogP contribution in [0.2, 0.25) is 0 Å². The van der Waals surface area contributed by atoms with Gasteiger partial charge in [-0.15, -0.1) is 13.2 Å². The lowest BCUT2D eigenvalue weighted by atomic mass is 10.1. The van der Waals surface area contributed by atoms with Gasteiger partial charge in [-0.05, 0) is 72.2 Å². The van der Waals surface area contributed by atoms with E-state index in [9.17, 15) is 18.0 Å². The van der Waals surface area contributed by atoms with Gasteiger partial charge in [0.1, 0.15) is 5.75 Å². The van der Waals surface area contributed by atoms with E-state index in [4.69, 9.17) is 5.41 Å². The Morgan fingerprint density at radius 1 is 1.16 bits per heavy atom. The summed E-state index contributed by atoms with van der Waals surface area (Å²) < 4.78 is 38.5. The van der Waals surface area contributed by atoms with Crippen molar-refractivity contribution in [1.29, 1.82) is 5.41 Å². The summed E-state index contributed by atoms with van der Waals surface area (Å²) in [7, 11) is 0. The Hall–Kier alpha value is -3.46. The molecule has 0 amide bonds. The predicted molar refractivity (Wildman–Crippen MR) is 149 cm³/mol. The van der Waals surface area contributed by atoms with Crippen LogP contribution < -0.4 is 15.4 Å². The van der Waals surface area contributed by atoms with Gasteiger partial charge in [0.2, 0.25) is 0 Å². The van der Waals surface area contributed by atoms with Gasteiger partial charge in [-0.25, -0.2) is 4.99 Å². The molecule has 1 aromatic carbocycles. The lowest BCUT2D eigenvalue weighted by Crippen LogP contribution is -2.30. The first-order valence-electron chi connectivity index (χ1n) is 12.5. The van der Waals surface area contributed by atoms with Crippen molar-refractivity contribution >= 4 is 17.8 Å². The van der Waals surface area contributed by atoms with Crippen molar-refractivity contribution in [3.8, 4) is 5.75 Å². The smallest absolute Gasteiger partial charge is 0.406 e. The number of carbonyl (C=O) groups excluding carboxylic acids is 1. The molecule has 9 heteroatoms. The van der Waals surface area contributed by atoms with Crippen molar-refractivity contribution in [2.75, 3.05) is 6.54 Å². The molecule has 1 heterocycles. The van der Waals surface area contributed by atoms with Crippen LogP contribution in [-0.2, 0) is 4.79 Å². The summed E-state index contributed by atoms with van der Waals surface area (Å²) in [5.41, 5.74) is 3.69. The van der Waals surface area contributed by atoms with Crippen LogP contribution in [0.1, 0.15) is 58.9 Å². The monoisotopic (exact) mass is 532 g/mol. The number of hydrogen-bond acceptors (Lipinski definition) is 5. The van der Waals surface area contributed by atoms with Gasteiger partial charge in [-0.3, -0.25) is 10.2 Å². The molecule has 2 rings (SSSR count). The van der Waals surface area contributed by atoms with Gasteiger partial charge in [0.15, 0.2) is 11.6 Å². The Morgan fingerprint density at radius 2 is 1.82 bits per heavy atom. The molecule has 0 aliphatic carbocycles. The largest absolute Gasteiger partial charge is 0.573 e. The molecular weight excluding hydrogens is 493 g/mol. The van der Waals surface area contributed by atoms with Gasteiger partial charge < -0.3 is 15.4 Å². The second-order valence-electron chi connectivity index (χ2n) is 9.09. The van der Waals surface area contributed by atoms with E-state index in [1.165, 1.54) is 38.3 Å². The zero-order chi connectivity index (χ0) is 28.7. The van der Waals surface area contributed by atoms with Gasteiger partial charge >= 0.3 is 6.36 Å². The number of rotatable bonds is 8. The number of hydrogen-bond donors (Lipinski definition) is 3. The first-order chi connectivity index (χ1) is 17.8. The molecule has 0 spiro atoms. The summed E-state index contributed by atoms with van der Waals surface area (Å²) in [5.74, 6) is -0.205. The van der Waals surface area contributed by atoms with E-state index >= 15 is 0 Å². The molecule has 0 bridgehead atoms. The third-order valence-corrected chi connectivity index (χ3v) is 5.57. The summed E-state index contributed by atoms with van der Waals surface area (Å²) in [6, 6.07) is 5.86. The Bertz CT molecular complexity index is 1060. The van der Waals surface area contributed by atoms with E-state index in [0.29, 0.717) is 11.3 Å². The maximum Gasteiger partial charge on any atom is 0.573 e. The number of halogens is 3. The zero-order valence-electron chi connectivity index (χ0n) is 22.8. The van der Waals surface area contributed by atoms with Crippen LogP contribution in [0.15, 0.2) is 76.6 Å². The fourth-order valence-corrected chi connectivity index (χ4v) is 3.29. The maximum atomic E-state index is 11.9. The number of Topliss-reactive ketones (excluding diaryl/α,β-unsaturated/α-hetero) is 1. The number of aryl methyl sites for hydroxylation is 1. The lowest BCUT2D eigenvalue weighted by molar-refractivity contribution is -0.274. The van der Waals surface area contributed by atoms with E-state index in [1.807, 2.05) is 26.0 Å². The summed E-state index contributed by atoms with van der Waals surface area (Å²) >= 11 is 0. The molecule has 0 radical (unpaired) electrons. The molecule has 1 unspecified atom stereocenters. The highest BCUT2D eigenvalue weighted by Crippen LogP contribution is 2.22. The number of benzene rings is 1. The predicted octanol–water partition coefficient (Wildman–Crippen LogP) is 6.95. The highest BCUT2D eigenvalue weighted by Gasteiger charge is 2.30. The number of allylic oxidation sites excluding steroid dienone is 5. The molecule has 1 aliphatic rings. The van der Waals surface area contributed by atoms with Crippen molar-refractivity contribution in [3.05, 3.63) is 77.2 Å². The fraction of sp³-hybridized carbons (Fsp3) is 0.414. The molecular formula is C29H39F3N4O2. The second-order valence-corrected chi connectivity index (χ2v) is 9.09. The van der Waals surface area contributed by atoms with Crippen LogP contribution in [0, 0.1) is 12.3 Å². The first kappa shape index (κ1) is 32.6. The topological polar surface area (TPSA) is 86.6 Å². The van der Waals surface area contributed by atoms with E-state index in [-0.39, 0.29) is 23.4 Å². The molecule has 0 aromatic heterocycles. The molecule has 1 atom stereocenters. The number of amidine groups is 1. The quantitative estimate of drug-likeness (QED) is 0.146. The zero-order valence-corrected chi connectivity index (χ0v) is 22.8. The molecule has 0 saturated carbocycles. The molecule has 208 valence electrons. The molecule has 1 aromatic rings. The molecule has 1 saturated heterocycles. The van der Waals surface area contributed by atoms with Crippen molar-refractivity contribution in [2.45, 2.75) is 72.7 Å². The third kappa shape index (κ3) is 13.2. The van der Waals surface area contributed by atoms with Crippen molar-refractivity contribution in [2.24, 2.45) is 4.99 Å². The van der Waals surface area contributed by atoms with Crippen LogP contribution in [0.25, 0.3) is 0 Å². The minimum absolute atomic E-state index is 0.0644. The molecule has 1 aliphatic heterocycles. The van der Waals surface area contributed by atoms with Gasteiger partial charge in [0.25, 0.3) is 0 Å². The number of carbonyl (C=O) groups is 1. The van der Waals surface area contributed by atoms with Gasteiger partial charge in [0.05, 0.1) is 5.70 Å². The SMILES string of the molecule is C=C/C=C\C(N/C(C(=N)N=CC1CCCCCN1)=C(/C)C(C)=O)=C(C)C.Cc1ccc(OC(F)(F)F)cc1. The number of nitrogens with zero attached hydrogens (tertiary/aromatic N) is 1. The Labute approximate surface area is 224 Å². The Morgan fingerprint density at radius 3 is 2.37 bits per heavy atom. The lowest BCUT2D eigenvalue weighted by Gasteiger charge is -2.16. The first-order valence-corrected chi connectivity index (χ1v) is 12.5. The summed E-state index contributed by atoms with van der Waals surface area (Å²) in [4.78, 5) is 16.2. The number of ketones is 1. The van der Waals surface area contributed by atoms with Gasteiger partial charge in [-0.1, -0.05) is 54.8 Å². The Kier molecular flexibility index (Phi) is 14.1. The highest BCUT2D eigenvalue weighted by molar-refractivity contribution is 6.07. The minimum Gasteiger partial charge on any atom is -0.406 e. The molecule has 38 heavy (non-hydrogen) atoms. The Balaban J connectivity index is 0.000000499. The standard InChI is InChI=1S/C21H32N4O.C8H7F3O/c1-6-7-12-19(15(2)3)25-20(16(4)17(5)26)21(22)24-14-18-11-9-8-10-13-23-18;1-6-2-4-7(5-3-6)12-8(9,10)11/h6-7,12,14,18,22-23,25H,1,8-11,13H2,2-5H3;2-5H,1H3/b12-7-,20-16-,22-21?,24-14?;. The van der Waals surface area contributed by atoms with Crippen LogP contribution in [-0.4, -0.2) is 36.8 Å². The third-order valence-electron chi connectivity index (χ3n) is 5.57. The van der Waals surface area contributed by atoms with Crippen molar-refractivity contribution < 1.29 is 22.7 Å². The second kappa shape index (κ2) is 16.4. The molecule has 3 N–H and O–H groups in total. The summed E-state index contributed by atoms with van der Waals surface area (Å²) in [6.45, 7) is 13.6. The average Bonchev–Trinajstić information content (AvgIpc) is 3.12. The maximum absolute atomic E-state index is 11.9.